The molecule has 1 aromatic rings. The van der Waals surface area contributed by atoms with Crippen molar-refractivity contribution in [2.75, 3.05) is 5.33 Å². The summed E-state index contributed by atoms with van der Waals surface area (Å²) in [6.07, 6.45) is -1.46. The van der Waals surface area contributed by atoms with Crippen LogP contribution in [0.5, 0.6) is 5.75 Å². The molecule has 3 nitrogen and oxygen atoms in total. The van der Waals surface area contributed by atoms with E-state index in [0.717, 1.165) is 0 Å². The Balaban J connectivity index is 2.90. The van der Waals surface area contributed by atoms with E-state index in [4.69, 9.17) is 0 Å². The zero-order valence-electron chi connectivity index (χ0n) is 8.52. The minimum atomic E-state index is -1.04. The summed E-state index contributed by atoms with van der Waals surface area (Å²) in [5.41, 5.74) is 1.07. The Morgan fingerprint density at radius 3 is 2.60 bits per heavy atom. The third kappa shape index (κ3) is 2.93. The normalized spacial score (nSPS) is 14.9. The molecule has 15 heavy (non-hydrogen) atoms. The molecule has 0 aliphatic rings. The minimum Gasteiger partial charge on any atom is -0.507 e. The second kappa shape index (κ2) is 5.49. The first-order valence-electron chi connectivity index (χ1n) is 4.78. The number of para-hydroxylation sites is 1. The van der Waals surface area contributed by atoms with Gasteiger partial charge in [-0.25, -0.2) is 0 Å². The lowest BCUT2D eigenvalue weighted by atomic mass is 9.99. The first-order chi connectivity index (χ1) is 7.07. The second-order valence-corrected chi connectivity index (χ2v) is 4.30. The number of benzene rings is 1. The number of aryl methyl sites for hydroxylation is 1. The number of phenolic OH excluding ortho intramolecular Hbond substituents is 1. The number of phenols is 1. The van der Waals surface area contributed by atoms with Crippen LogP contribution in [0, 0.1) is 6.92 Å². The molecular weight excluding hydrogens is 260 g/mol. The second-order valence-electron chi connectivity index (χ2n) is 3.50. The largest absolute Gasteiger partial charge is 0.507 e. The van der Waals surface area contributed by atoms with E-state index in [-0.39, 0.29) is 5.75 Å². The molecule has 0 aliphatic heterocycles. The lowest BCUT2D eigenvalue weighted by Crippen LogP contribution is -2.18. The van der Waals surface area contributed by atoms with Crippen LogP contribution in [0.2, 0.25) is 0 Å². The molecule has 0 radical (unpaired) electrons. The van der Waals surface area contributed by atoms with Gasteiger partial charge in [-0.1, -0.05) is 34.1 Å². The number of aromatic hydroxyl groups is 1. The Labute approximate surface area is 97.5 Å². The highest BCUT2D eigenvalue weighted by Gasteiger charge is 2.21. The van der Waals surface area contributed by atoms with Gasteiger partial charge in [0.1, 0.15) is 11.9 Å². The van der Waals surface area contributed by atoms with Gasteiger partial charge in [-0.3, -0.25) is 0 Å². The molecule has 0 saturated heterocycles. The van der Waals surface area contributed by atoms with Crippen LogP contribution in [0.4, 0.5) is 0 Å². The standard InChI is InChI=1S/C11H15BrO3/c1-7-3-2-4-8(10(7)14)11(15)9(13)5-6-12/h2-4,9,11,13-15H,5-6H2,1H3. The van der Waals surface area contributed by atoms with Crippen LogP contribution < -0.4 is 0 Å². The maximum atomic E-state index is 9.79. The van der Waals surface area contributed by atoms with Crippen molar-refractivity contribution in [1.82, 2.24) is 0 Å². The zero-order valence-corrected chi connectivity index (χ0v) is 10.1. The lowest BCUT2D eigenvalue weighted by molar-refractivity contribution is 0.0160. The summed E-state index contributed by atoms with van der Waals surface area (Å²) in [6, 6.07) is 5.11. The summed E-state index contributed by atoms with van der Waals surface area (Å²) < 4.78 is 0. The smallest absolute Gasteiger partial charge is 0.124 e. The van der Waals surface area contributed by atoms with E-state index in [9.17, 15) is 15.3 Å². The summed E-state index contributed by atoms with van der Waals surface area (Å²) in [5, 5.41) is 29.7. The summed E-state index contributed by atoms with van der Waals surface area (Å²) >= 11 is 3.19. The van der Waals surface area contributed by atoms with Crippen molar-refractivity contribution < 1.29 is 15.3 Å². The highest BCUT2D eigenvalue weighted by Crippen LogP contribution is 2.30. The quantitative estimate of drug-likeness (QED) is 0.735. The Bertz CT molecular complexity index is 328. The van der Waals surface area contributed by atoms with Crippen molar-refractivity contribution in [3.05, 3.63) is 29.3 Å². The minimum absolute atomic E-state index is 0.0543. The highest BCUT2D eigenvalue weighted by atomic mass is 79.9. The summed E-state index contributed by atoms with van der Waals surface area (Å²) in [7, 11) is 0. The predicted molar refractivity (Wildman–Crippen MR) is 62.2 cm³/mol. The average molecular weight is 275 g/mol. The van der Waals surface area contributed by atoms with Crippen LogP contribution >= 0.6 is 15.9 Å². The molecular formula is C11H15BrO3. The molecule has 0 fully saturated rings. The van der Waals surface area contributed by atoms with Crippen molar-refractivity contribution in [3.63, 3.8) is 0 Å². The third-order valence-electron chi connectivity index (χ3n) is 2.36. The van der Waals surface area contributed by atoms with Crippen LogP contribution in [0.1, 0.15) is 23.7 Å². The maximum Gasteiger partial charge on any atom is 0.124 e. The van der Waals surface area contributed by atoms with Gasteiger partial charge in [-0.15, -0.1) is 0 Å². The van der Waals surface area contributed by atoms with Gasteiger partial charge in [-0.05, 0) is 18.9 Å². The number of aliphatic hydroxyl groups is 2. The van der Waals surface area contributed by atoms with Crippen LogP contribution in [0.15, 0.2) is 18.2 Å². The van der Waals surface area contributed by atoms with E-state index in [1.54, 1.807) is 25.1 Å². The van der Waals surface area contributed by atoms with Crippen molar-refractivity contribution in [1.29, 1.82) is 0 Å². The summed E-state index contributed by atoms with van der Waals surface area (Å²) in [6.45, 7) is 1.75. The third-order valence-corrected chi connectivity index (χ3v) is 2.81. The monoisotopic (exact) mass is 274 g/mol. The first-order valence-corrected chi connectivity index (χ1v) is 5.90. The fraction of sp³-hybridized carbons (Fsp3) is 0.455. The predicted octanol–water partition coefficient (Wildman–Crippen LogP) is 1.88. The number of rotatable bonds is 4. The van der Waals surface area contributed by atoms with Crippen molar-refractivity contribution in [2.45, 2.75) is 25.6 Å². The number of hydrogen-bond acceptors (Lipinski definition) is 3. The molecule has 1 aromatic carbocycles. The van der Waals surface area contributed by atoms with Gasteiger partial charge in [-0.2, -0.15) is 0 Å². The molecule has 0 spiro atoms. The molecule has 0 amide bonds. The van der Waals surface area contributed by atoms with Crippen LogP contribution in [-0.2, 0) is 0 Å². The molecule has 4 heteroatoms. The van der Waals surface area contributed by atoms with Gasteiger partial charge in [0, 0.05) is 10.9 Å². The SMILES string of the molecule is Cc1cccc(C(O)C(O)CCBr)c1O. The van der Waals surface area contributed by atoms with E-state index in [2.05, 4.69) is 15.9 Å². The fourth-order valence-electron chi connectivity index (χ4n) is 1.40. The van der Waals surface area contributed by atoms with E-state index in [1.165, 1.54) is 0 Å². The molecule has 0 bridgehead atoms. The van der Waals surface area contributed by atoms with Crippen LogP contribution in [0.3, 0.4) is 0 Å². The molecule has 0 saturated carbocycles. The highest BCUT2D eigenvalue weighted by molar-refractivity contribution is 9.09. The Morgan fingerprint density at radius 2 is 2.00 bits per heavy atom. The molecule has 0 aliphatic carbocycles. The number of aliphatic hydroxyl groups excluding tert-OH is 2. The molecule has 2 unspecified atom stereocenters. The number of halogens is 1. The molecule has 2 atom stereocenters. The van der Waals surface area contributed by atoms with Gasteiger partial charge in [0.15, 0.2) is 0 Å². The Hall–Kier alpha value is -0.580. The average Bonchev–Trinajstić information content (AvgIpc) is 2.21. The number of alkyl halides is 1. The molecule has 0 heterocycles. The Morgan fingerprint density at radius 1 is 1.33 bits per heavy atom. The molecule has 84 valence electrons. The van der Waals surface area contributed by atoms with E-state index in [0.29, 0.717) is 22.9 Å². The van der Waals surface area contributed by atoms with Crippen LogP contribution in [-0.4, -0.2) is 26.8 Å². The topological polar surface area (TPSA) is 60.7 Å². The van der Waals surface area contributed by atoms with Gasteiger partial charge in [0.05, 0.1) is 6.10 Å². The molecule has 0 aromatic heterocycles. The maximum absolute atomic E-state index is 9.79. The van der Waals surface area contributed by atoms with Crippen molar-refractivity contribution in [3.8, 4) is 5.75 Å². The van der Waals surface area contributed by atoms with Gasteiger partial charge in [0.2, 0.25) is 0 Å². The van der Waals surface area contributed by atoms with Crippen molar-refractivity contribution in [2.24, 2.45) is 0 Å². The first kappa shape index (κ1) is 12.5. The Kier molecular flexibility index (Phi) is 4.57. The molecule has 3 N–H and O–H groups in total. The summed E-state index contributed by atoms with van der Waals surface area (Å²) in [4.78, 5) is 0. The molecule has 1 rings (SSSR count). The van der Waals surface area contributed by atoms with Gasteiger partial charge < -0.3 is 15.3 Å². The zero-order chi connectivity index (χ0) is 11.4. The fourth-order valence-corrected chi connectivity index (χ4v) is 1.87. The van der Waals surface area contributed by atoms with Gasteiger partial charge >= 0.3 is 0 Å². The summed E-state index contributed by atoms with van der Waals surface area (Å²) in [5.74, 6) is 0.0543. The van der Waals surface area contributed by atoms with Crippen molar-refractivity contribution >= 4 is 15.9 Å². The van der Waals surface area contributed by atoms with E-state index in [1.807, 2.05) is 0 Å². The van der Waals surface area contributed by atoms with Gasteiger partial charge in [0.25, 0.3) is 0 Å². The number of hydrogen-bond donors (Lipinski definition) is 3. The van der Waals surface area contributed by atoms with E-state index >= 15 is 0 Å². The lowest BCUT2D eigenvalue weighted by Gasteiger charge is -2.18. The van der Waals surface area contributed by atoms with Crippen LogP contribution in [0.25, 0.3) is 0 Å². The van der Waals surface area contributed by atoms with E-state index < -0.39 is 12.2 Å².